The number of amides is 1. The lowest BCUT2D eigenvalue weighted by Gasteiger charge is -2.30. The highest BCUT2D eigenvalue weighted by Crippen LogP contribution is 2.35. The highest BCUT2D eigenvalue weighted by molar-refractivity contribution is 5.97. The summed E-state index contributed by atoms with van der Waals surface area (Å²) in [6, 6.07) is 8.45. The smallest absolute Gasteiger partial charge is 0.230 e. The van der Waals surface area contributed by atoms with E-state index in [0.29, 0.717) is 12.6 Å². The molecule has 1 aliphatic carbocycles. The van der Waals surface area contributed by atoms with E-state index in [1.807, 2.05) is 31.2 Å². The van der Waals surface area contributed by atoms with E-state index in [9.17, 15) is 4.79 Å². The molecule has 1 aromatic carbocycles. The van der Waals surface area contributed by atoms with Crippen LogP contribution in [0.15, 0.2) is 24.3 Å². The maximum Gasteiger partial charge on any atom is 0.230 e. The van der Waals surface area contributed by atoms with Crippen molar-refractivity contribution >= 4 is 17.3 Å². The summed E-state index contributed by atoms with van der Waals surface area (Å²) in [6.07, 6.45) is 3.21. The average Bonchev–Trinajstić information content (AvgIpc) is 3.31. The van der Waals surface area contributed by atoms with Gasteiger partial charge >= 0.3 is 0 Å². The molecule has 126 valence electrons. The first-order valence-corrected chi connectivity index (χ1v) is 8.64. The van der Waals surface area contributed by atoms with E-state index in [2.05, 4.69) is 22.6 Å². The number of piperidine rings is 1. The van der Waals surface area contributed by atoms with Crippen LogP contribution >= 0.6 is 0 Å². The van der Waals surface area contributed by atoms with Crippen molar-refractivity contribution in [1.82, 2.24) is 4.90 Å². The molecule has 0 bridgehead atoms. The van der Waals surface area contributed by atoms with Crippen LogP contribution in [0, 0.1) is 5.92 Å². The predicted molar refractivity (Wildman–Crippen MR) is 92.7 cm³/mol. The highest BCUT2D eigenvalue weighted by Gasteiger charge is 2.44. The summed E-state index contributed by atoms with van der Waals surface area (Å²) in [5, 5.41) is 6.67. The maximum atomic E-state index is 12.3. The molecule has 0 spiro atoms. The molecule has 0 aromatic heterocycles. The average molecular weight is 317 g/mol. The Morgan fingerprint density at radius 2 is 1.96 bits per heavy atom. The zero-order valence-corrected chi connectivity index (χ0v) is 14.0. The lowest BCUT2D eigenvalue weighted by Crippen LogP contribution is -2.36. The lowest BCUT2D eigenvalue weighted by atomic mass is 10.0. The fourth-order valence-electron chi connectivity index (χ4n) is 3.16. The Morgan fingerprint density at radius 3 is 2.65 bits per heavy atom. The molecular formula is C18H27N3O2. The Morgan fingerprint density at radius 1 is 1.26 bits per heavy atom. The van der Waals surface area contributed by atoms with Crippen LogP contribution in [0.3, 0.4) is 0 Å². The van der Waals surface area contributed by atoms with Gasteiger partial charge in [0.2, 0.25) is 5.91 Å². The topological polar surface area (TPSA) is 53.6 Å². The van der Waals surface area contributed by atoms with Crippen molar-refractivity contribution in [2.75, 3.05) is 37.4 Å². The van der Waals surface area contributed by atoms with Gasteiger partial charge in [-0.1, -0.05) is 12.1 Å². The van der Waals surface area contributed by atoms with Crippen LogP contribution in [0.4, 0.5) is 11.4 Å². The second kappa shape index (κ2) is 7.32. The first kappa shape index (κ1) is 16.3. The maximum absolute atomic E-state index is 12.3. The standard InChI is InChI=1S/C18H27N3O2/c1-3-23-17-12-14(17)18(22)20-16-7-5-4-6-15(16)19-13-8-10-21(2)11-9-13/h4-7,13-14,17,19H,3,8-12H2,1-2H3,(H,20,22). The minimum absolute atomic E-state index is 0.00587. The number of ether oxygens (including phenoxy) is 1. The van der Waals surface area contributed by atoms with Crippen molar-refractivity contribution in [2.24, 2.45) is 5.92 Å². The second-order valence-corrected chi connectivity index (χ2v) is 6.59. The first-order chi connectivity index (χ1) is 11.2. The number of likely N-dealkylation sites (tertiary alicyclic amines) is 1. The molecule has 2 atom stereocenters. The number of hydrogen-bond donors (Lipinski definition) is 2. The molecule has 0 radical (unpaired) electrons. The minimum Gasteiger partial charge on any atom is -0.381 e. The van der Waals surface area contributed by atoms with Gasteiger partial charge in [0.25, 0.3) is 0 Å². The normalized spacial score (nSPS) is 25.1. The third-order valence-electron chi connectivity index (χ3n) is 4.71. The molecule has 1 saturated carbocycles. The summed E-state index contributed by atoms with van der Waals surface area (Å²) in [5.74, 6) is 0.0763. The number of nitrogens with zero attached hydrogens (tertiary/aromatic N) is 1. The van der Waals surface area contributed by atoms with Crippen molar-refractivity contribution < 1.29 is 9.53 Å². The molecule has 1 aliphatic heterocycles. The van der Waals surface area contributed by atoms with E-state index in [4.69, 9.17) is 4.74 Å². The molecule has 1 heterocycles. The van der Waals surface area contributed by atoms with Crippen molar-refractivity contribution in [3.8, 4) is 0 Å². The number of carbonyl (C=O) groups is 1. The largest absolute Gasteiger partial charge is 0.381 e. The summed E-state index contributed by atoms with van der Waals surface area (Å²) < 4.78 is 5.50. The summed E-state index contributed by atoms with van der Waals surface area (Å²) in [6.45, 7) is 4.87. The van der Waals surface area contributed by atoms with Gasteiger partial charge in [-0.05, 0) is 58.5 Å². The van der Waals surface area contributed by atoms with E-state index >= 15 is 0 Å². The number of para-hydroxylation sites is 2. The molecule has 1 saturated heterocycles. The molecule has 2 fully saturated rings. The number of rotatable bonds is 6. The Balaban J connectivity index is 1.58. The molecule has 1 amide bonds. The molecule has 23 heavy (non-hydrogen) atoms. The van der Waals surface area contributed by atoms with Crippen molar-refractivity contribution in [3.63, 3.8) is 0 Å². The monoisotopic (exact) mass is 317 g/mol. The summed E-state index contributed by atoms with van der Waals surface area (Å²) in [4.78, 5) is 14.7. The highest BCUT2D eigenvalue weighted by atomic mass is 16.5. The van der Waals surface area contributed by atoms with Crippen LogP contribution in [0.1, 0.15) is 26.2 Å². The number of hydrogen-bond acceptors (Lipinski definition) is 4. The zero-order valence-electron chi connectivity index (χ0n) is 14.0. The van der Waals surface area contributed by atoms with Gasteiger partial charge in [-0.2, -0.15) is 0 Å². The zero-order chi connectivity index (χ0) is 16.2. The van der Waals surface area contributed by atoms with Crippen molar-refractivity contribution in [2.45, 2.75) is 38.3 Å². The van der Waals surface area contributed by atoms with Crippen molar-refractivity contribution in [3.05, 3.63) is 24.3 Å². The van der Waals surface area contributed by atoms with Gasteiger partial charge in [-0.3, -0.25) is 4.79 Å². The van der Waals surface area contributed by atoms with Crippen LogP contribution < -0.4 is 10.6 Å². The van der Waals surface area contributed by atoms with Crippen molar-refractivity contribution in [1.29, 1.82) is 0 Å². The third kappa shape index (κ3) is 4.24. The first-order valence-electron chi connectivity index (χ1n) is 8.64. The van der Waals surface area contributed by atoms with Crippen LogP contribution in [0.25, 0.3) is 0 Å². The summed E-state index contributed by atoms with van der Waals surface area (Å²) >= 11 is 0. The molecule has 5 heteroatoms. The van der Waals surface area contributed by atoms with Gasteiger partial charge in [0.1, 0.15) is 0 Å². The van der Waals surface area contributed by atoms with Gasteiger partial charge < -0.3 is 20.3 Å². The number of nitrogens with one attached hydrogen (secondary N) is 2. The molecule has 3 rings (SSSR count). The predicted octanol–water partition coefficient (Wildman–Crippen LogP) is 2.56. The molecule has 5 nitrogen and oxygen atoms in total. The van der Waals surface area contributed by atoms with E-state index in [1.54, 1.807) is 0 Å². The quantitative estimate of drug-likeness (QED) is 0.847. The Bertz CT molecular complexity index is 541. The van der Waals surface area contributed by atoms with Gasteiger partial charge in [0.15, 0.2) is 0 Å². The van der Waals surface area contributed by atoms with E-state index < -0.39 is 0 Å². The molecule has 2 N–H and O–H groups in total. The third-order valence-corrected chi connectivity index (χ3v) is 4.71. The Labute approximate surface area is 138 Å². The number of benzene rings is 1. The number of anilines is 2. The van der Waals surface area contributed by atoms with E-state index in [0.717, 1.165) is 43.7 Å². The lowest BCUT2D eigenvalue weighted by molar-refractivity contribution is -0.118. The molecule has 2 unspecified atom stereocenters. The Kier molecular flexibility index (Phi) is 5.18. The summed E-state index contributed by atoms with van der Waals surface area (Å²) in [5.41, 5.74) is 1.89. The van der Waals surface area contributed by atoms with Crippen LogP contribution in [0.2, 0.25) is 0 Å². The molecule has 1 aromatic rings. The van der Waals surface area contributed by atoms with Gasteiger partial charge in [-0.25, -0.2) is 0 Å². The summed E-state index contributed by atoms with van der Waals surface area (Å²) in [7, 11) is 2.16. The number of carbonyl (C=O) groups excluding carboxylic acids is 1. The van der Waals surface area contributed by atoms with E-state index in [1.165, 1.54) is 0 Å². The molecule has 2 aliphatic rings. The fourth-order valence-corrected chi connectivity index (χ4v) is 3.16. The van der Waals surface area contributed by atoms with E-state index in [-0.39, 0.29) is 17.9 Å². The van der Waals surface area contributed by atoms with Gasteiger partial charge in [-0.15, -0.1) is 0 Å². The second-order valence-electron chi connectivity index (χ2n) is 6.59. The SMILES string of the molecule is CCOC1CC1C(=O)Nc1ccccc1NC1CCN(C)CC1. The minimum atomic E-state index is 0.00587. The van der Waals surface area contributed by atoms with Crippen LogP contribution in [-0.4, -0.2) is 49.7 Å². The van der Waals surface area contributed by atoms with Crippen LogP contribution in [-0.2, 0) is 9.53 Å². The van der Waals surface area contributed by atoms with Gasteiger partial charge in [0, 0.05) is 12.6 Å². The van der Waals surface area contributed by atoms with Gasteiger partial charge in [0.05, 0.1) is 23.4 Å². The van der Waals surface area contributed by atoms with Crippen LogP contribution in [0.5, 0.6) is 0 Å². The Hall–Kier alpha value is -1.59. The fraction of sp³-hybridized carbons (Fsp3) is 0.611. The molecular weight excluding hydrogens is 290 g/mol.